The van der Waals surface area contributed by atoms with E-state index in [9.17, 15) is 9.59 Å². The molecule has 3 rings (SSSR count). The third kappa shape index (κ3) is 5.28. The van der Waals surface area contributed by atoms with E-state index in [1.165, 1.54) is 17.3 Å². The average molecular weight is 429 g/mol. The summed E-state index contributed by atoms with van der Waals surface area (Å²) in [7, 11) is 0. The van der Waals surface area contributed by atoms with Crippen LogP contribution in [0.1, 0.15) is 43.1 Å². The van der Waals surface area contributed by atoms with Gasteiger partial charge in [-0.25, -0.2) is 4.98 Å². The normalized spacial score (nSPS) is 11.3. The number of rotatable bonds is 8. The van der Waals surface area contributed by atoms with Gasteiger partial charge in [-0.05, 0) is 42.5 Å². The molecule has 1 heterocycles. The van der Waals surface area contributed by atoms with E-state index in [1.54, 1.807) is 22.8 Å². The van der Waals surface area contributed by atoms with E-state index in [0.717, 1.165) is 12.8 Å². The number of fused-ring (bicyclic) bond motifs is 1. The maximum atomic E-state index is 13.0. The fourth-order valence-corrected chi connectivity index (χ4v) is 4.09. The molecule has 0 bridgehead atoms. The molecule has 0 saturated carbocycles. The number of aryl methyl sites for hydroxylation is 1. The van der Waals surface area contributed by atoms with Crippen molar-refractivity contribution in [2.24, 2.45) is 5.92 Å². The van der Waals surface area contributed by atoms with Crippen LogP contribution in [0, 0.1) is 5.92 Å². The third-order valence-electron chi connectivity index (χ3n) is 4.83. The summed E-state index contributed by atoms with van der Waals surface area (Å²) in [4.78, 5) is 30.3. The van der Waals surface area contributed by atoms with Crippen molar-refractivity contribution in [1.82, 2.24) is 9.55 Å². The Morgan fingerprint density at radius 2 is 1.90 bits per heavy atom. The molecule has 0 radical (unpaired) electrons. The average Bonchev–Trinajstić information content (AvgIpc) is 2.71. The molecule has 0 amide bonds. The van der Waals surface area contributed by atoms with Gasteiger partial charge in [-0.3, -0.25) is 14.2 Å². The summed E-state index contributed by atoms with van der Waals surface area (Å²) in [6.45, 7) is 6.90. The number of benzene rings is 2. The van der Waals surface area contributed by atoms with Gasteiger partial charge in [-0.15, -0.1) is 0 Å². The minimum absolute atomic E-state index is 0.0218. The van der Waals surface area contributed by atoms with Gasteiger partial charge in [0.15, 0.2) is 10.9 Å². The summed E-state index contributed by atoms with van der Waals surface area (Å²) >= 11 is 7.39. The van der Waals surface area contributed by atoms with Crippen LogP contribution in [0.2, 0.25) is 5.02 Å². The van der Waals surface area contributed by atoms with E-state index in [1.807, 2.05) is 24.3 Å². The van der Waals surface area contributed by atoms with Crippen LogP contribution >= 0.6 is 23.4 Å². The van der Waals surface area contributed by atoms with Crippen molar-refractivity contribution in [1.29, 1.82) is 0 Å². The van der Waals surface area contributed by atoms with Crippen LogP contribution in [0.4, 0.5) is 0 Å². The Morgan fingerprint density at radius 3 is 2.55 bits per heavy atom. The summed E-state index contributed by atoms with van der Waals surface area (Å²) in [5.41, 5.74) is 2.35. The van der Waals surface area contributed by atoms with Crippen LogP contribution in [-0.4, -0.2) is 21.1 Å². The van der Waals surface area contributed by atoms with Crippen molar-refractivity contribution in [3.63, 3.8) is 0 Å². The highest BCUT2D eigenvalue weighted by Crippen LogP contribution is 2.22. The van der Waals surface area contributed by atoms with Crippen LogP contribution in [0.5, 0.6) is 0 Å². The smallest absolute Gasteiger partial charge is 0.262 e. The van der Waals surface area contributed by atoms with Crippen molar-refractivity contribution in [2.75, 3.05) is 5.75 Å². The molecule has 3 aromatic rings. The zero-order chi connectivity index (χ0) is 21.0. The lowest BCUT2D eigenvalue weighted by Crippen LogP contribution is -2.24. The molecule has 0 atom stereocenters. The highest BCUT2D eigenvalue weighted by Gasteiger charge is 2.15. The van der Waals surface area contributed by atoms with Crippen molar-refractivity contribution >= 4 is 40.0 Å². The lowest BCUT2D eigenvalue weighted by Gasteiger charge is -2.14. The highest BCUT2D eigenvalue weighted by atomic mass is 35.5. The maximum Gasteiger partial charge on any atom is 0.262 e. The molecule has 0 unspecified atom stereocenters. The van der Waals surface area contributed by atoms with E-state index in [0.29, 0.717) is 39.1 Å². The van der Waals surface area contributed by atoms with Gasteiger partial charge in [-0.2, -0.15) is 0 Å². The van der Waals surface area contributed by atoms with Crippen LogP contribution in [0.25, 0.3) is 10.9 Å². The standard InChI is InChI=1S/C23H25ClN2O2S/c1-4-16-5-7-17(8-6-16)21(27)14-29-23-25-20-13-18(24)9-10-19(20)22(28)26(23)12-11-15(2)3/h5-10,13,15H,4,11-12,14H2,1-3H3. The molecule has 1 aromatic heterocycles. The fraction of sp³-hybridized carbons (Fsp3) is 0.348. The first kappa shape index (κ1) is 21.6. The first-order valence-corrected chi connectivity index (χ1v) is 11.2. The second-order valence-electron chi connectivity index (χ2n) is 7.46. The molecule has 152 valence electrons. The zero-order valence-electron chi connectivity index (χ0n) is 16.9. The lowest BCUT2D eigenvalue weighted by atomic mass is 10.1. The van der Waals surface area contributed by atoms with E-state index in [-0.39, 0.29) is 17.1 Å². The molecule has 0 saturated heterocycles. The molecule has 4 nitrogen and oxygen atoms in total. The Morgan fingerprint density at radius 1 is 1.17 bits per heavy atom. The first-order chi connectivity index (χ1) is 13.9. The van der Waals surface area contributed by atoms with Crippen LogP contribution < -0.4 is 5.56 Å². The minimum Gasteiger partial charge on any atom is -0.293 e. The van der Waals surface area contributed by atoms with E-state index < -0.39 is 0 Å². The summed E-state index contributed by atoms with van der Waals surface area (Å²) < 4.78 is 1.69. The zero-order valence-corrected chi connectivity index (χ0v) is 18.5. The molecular formula is C23H25ClN2O2S. The number of carbonyl (C=O) groups excluding carboxylic acids is 1. The van der Waals surface area contributed by atoms with E-state index in [2.05, 4.69) is 25.8 Å². The Balaban J connectivity index is 1.90. The molecule has 0 aliphatic heterocycles. The molecule has 2 aromatic carbocycles. The Labute approximate surface area is 180 Å². The van der Waals surface area contributed by atoms with Gasteiger partial charge in [0.2, 0.25) is 0 Å². The maximum absolute atomic E-state index is 13.0. The lowest BCUT2D eigenvalue weighted by molar-refractivity contribution is 0.102. The van der Waals surface area contributed by atoms with E-state index in [4.69, 9.17) is 11.6 Å². The van der Waals surface area contributed by atoms with Crippen LogP contribution in [0.3, 0.4) is 0 Å². The number of Topliss-reactive ketones (excluding diaryl/α,β-unsaturated/α-hetero) is 1. The quantitative estimate of drug-likeness (QED) is 0.265. The number of hydrogen-bond donors (Lipinski definition) is 0. The largest absolute Gasteiger partial charge is 0.293 e. The number of nitrogens with zero attached hydrogens (tertiary/aromatic N) is 2. The van der Waals surface area contributed by atoms with Crippen molar-refractivity contribution in [3.05, 3.63) is 69.0 Å². The molecule has 0 aliphatic rings. The predicted octanol–water partition coefficient (Wildman–Crippen LogP) is 5.63. The second-order valence-corrected chi connectivity index (χ2v) is 8.84. The van der Waals surface area contributed by atoms with Crippen LogP contribution in [0.15, 0.2) is 52.4 Å². The summed E-state index contributed by atoms with van der Waals surface area (Å²) in [6.07, 6.45) is 1.80. The number of aromatic nitrogens is 2. The molecule has 29 heavy (non-hydrogen) atoms. The molecule has 0 N–H and O–H groups in total. The Bertz CT molecular complexity index is 1070. The van der Waals surface area contributed by atoms with Gasteiger partial charge < -0.3 is 0 Å². The number of hydrogen-bond acceptors (Lipinski definition) is 4. The van der Waals surface area contributed by atoms with Gasteiger partial charge in [-0.1, -0.05) is 68.4 Å². The van der Waals surface area contributed by atoms with E-state index >= 15 is 0 Å². The second kappa shape index (κ2) is 9.59. The molecule has 0 fully saturated rings. The fourth-order valence-electron chi connectivity index (χ4n) is 3.01. The summed E-state index contributed by atoms with van der Waals surface area (Å²) in [5.74, 6) is 0.707. The van der Waals surface area contributed by atoms with Gasteiger partial charge in [0.05, 0.1) is 16.7 Å². The number of ketones is 1. The van der Waals surface area contributed by atoms with Crippen LogP contribution in [-0.2, 0) is 13.0 Å². The van der Waals surface area contributed by atoms with Gasteiger partial charge >= 0.3 is 0 Å². The highest BCUT2D eigenvalue weighted by molar-refractivity contribution is 7.99. The first-order valence-electron chi connectivity index (χ1n) is 9.84. The SMILES string of the molecule is CCc1ccc(C(=O)CSc2nc3cc(Cl)ccc3c(=O)n2CCC(C)C)cc1. The molecule has 0 aliphatic carbocycles. The summed E-state index contributed by atoms with van der Waals surface area (Å²) in [5, 5.41) is 1.64. The third-order valence-corrected chi connectivity index (χ3v) is 6.04. The van der Waals surface area contributed by atoms with Crippen molar-refractivity contribution in [2.45, 2.75) is 45.3 Å². The topological polar surface area (TPSA) is 52.0 Å². The van der Waals surface area contributed by atoms with Gasteiger partial charge in [0, 0.05) is 17.1 Å². The predicted molar refractivity (Wildman–Crippen MR) is 121 cm³/mol. The Hall–Kier alpha value is -2.11. The van der Waals surface area contributed by atoms with Gasteiger partial charge in [0.1, 0.15) is 0 Å². The minimum atomic E-state index is -0.0884. The number of thioether (sulfide) groups is 1. The Kier molecular flexibility index (Phi) is 7.14. The monoisotopic (exact) mass is 428 g/mol. The number of halogens is 1. The summed E-state index contributed by atoms with van der Waals surface area (Å²) in [6, 6.07) is 12.8. The van der Waals surface area contributed by atoms with Crippen molar-refractivity contribution < 1.29 is 4.79 Å². The molecular weight excluding hydrogens is 404 g/mol. The van der Waals surface area contributed by atoms with Crippen molar-refractivity contribution in [3.8, 4) is 0 Å². The molecule has 0 spiro atoms. The number of carbonyl (C=O) groups is 1. The molecule has 6 heteroatoms. The van der Waals surface area contributed by atoms with Gasteiger partial charge in [0.25, 0.3) is 5.56 Å².